The molecule has 0 spiro atoms. The van der Waals surface area contributed by atoms with Crippen LogP contribution in [0, 0.1) is 5.41 Å². The Kier molecular flexibility index (Phi) is 39.5. The molecule has 12 nitrogen and oxygen atoms in total. The summed E-state index contributed by atoms with van der Waals surface area (Å²) < 4.78 is 21.9. The number of nitrogens with one attached hydrogen (secondary N) is 1. The van der Waals surface area contributed by atoms with Gasteiger partial charge in [-0.25, -0.2) is 0 Å². The van der Waals surface area contributed by atoms with Crippen molar-refractivity contribution in [1.29, 1.82) is 0 Å². The number of amides is 1. The van der Waals surface area contributed by atoms with E-state index in [1.54, 1.807) is 13.8 Å². The highest BCUT2D eigenvalue weighted by atomic mass is 16.6. The van der Waals surface area contributed by atoms with E-state index in [4.69, 9.17) is 18.9 Å². The number of unbranched alkanes of at least 4 members (excludes halogenated alkanes) is 22. The summed E-state index contributed by atoms with van der Waals surface area (Å²) in [6.07, 6.45) is 39.7. The van der Waals surface area contributed by atoms with Gasteiger partial charge in [-0.15, -0.1) is 0 Å². The Bertz CT molecular complexity index is 1330. The molecule has 0 aromatic carbocycles. The minimum absolute atomic E-state index is 0.106. The van der Waals surface area contributed by atoms with Crippen LogP contribution in [0.4, 0.5) is 0 Å². The van der Waals surface area contributed by atoms with Gasteiger partial charge in [0.25, 0.3) is 0 Å². The van der Waals surface area contributed by atoms with E-state index in [0.29, 0.717) is 19.4 Å². The highest BCUT2D eigenvalue weighted by molar-refractivity contribution is 5.82. The summed E-state index contributed by atoms with van der Waals surface area (Å²) in [7, 11) is 0. The van der Waals surface area contributed by atoms with Gasteiger partial charge < -0.3 is 34.3 Å². The number of esters is 4. The number of allylic oxidation sites excluding steroid dienone is 4. The number of carbonyl (C=O) groups is 5. The first kappa shape index (κ1) is 61.8. The van der Waals surface area contributed by atoms with Gasteiger partial charge in [0.1, 0.15) is 19.3 Å². The van der Waals surface area contributed by atoms with Gasteiger partial charge in [-0.2, -0.15) is 0 Å². The predicted octanol–water partition coefficient (Wildman–Crippen LogP) is 12.0. The van der Waals surface area contributed by atoms with Crippen molar-refractivity contribution < 1.29 is 48.0 Å². The number of rotatable bonds is 45. The summed E-state index contributed by atoms with van der Waals surface area (Å²) in [6, 6.07) is 0. The maximum Gasteiger partial charge on any atom is 0.307 e. The van der Waals surface area contributed by atoms with E-state index < -0.39 is 35.5 Å². The van der Waals surface area contributed by atoms with Crippen molar-refractivity contribution in [2.24, 2.45) is 5.41 Å². The van der Waals surface area contributed by atoms with Crippen molar-refractivity contribution in [2.75, 3.05) is 46.0 Å². The molecular formula is C55H98N2O10. The van der Waals surface area contributed by atoms with Crippen molar-refractivity contribution in [3.05, 3.63) is 24.3 Å². The van der Waals surface area contributed by atoms with E-state index >= 15 is 0 Å². The SMILES string of the molecule is CCCCCCCC/C=C\CCCCCCCC(=O)OCC(COC(=O)CCNC(=O)C(O)C(C)(C)COC(=O)CCN1CCCC1)OC(=O)CCCCCCC/C=C\CCCCCCCC. The number of ether oxygens (including phenoxy) is 4. The van der Waals surface area contributed by atoms with Gasteiger partial charge in [0.15, 0.2) is 6.10 Å². The summed E-state index contributed by atoms with van der Waals surface area (Å²) in [4.78, 5) is 65.4. The molecule has 0 radical (unpaired) electrons. The van der Waals surface area contributed by atoms with Crippen molar-refractivity contribution >= 4 is 29.8 Å². The molecule has 1 aliphatic heterocycles. The lowest BCUT2D eigenvalue weighted by Gasteiger charge is -2.29. The van der Waals surface area contributed by atoms with Crippen LogP contribution in [0.3, 0.4) is 0 Å². The second-order valence-electron chi connectivity index (χ2n) is 19.5. The van der Waals surface area contributed by atoms with E-state index in [2.05, 4.69) is 48.4 Å². The maximum absolute atomic E-state index is 12.9. The van der Waals surface area contributed by atoms with Crippen LogP contribution in [-0.4, -0.2) is 98.0 Å². The molecule has 12 heteroatoms. The Morgan fingerprint density at radius 3 is 1.42 bits per heavy atom. The third-order valence-corrected chi connectivity index (χ3v) is 12.5. The summed E-state index contributed by atoms with van der Waals surface area (Å²) in [6.45, 7) is 9.56. The van der Waals surface area contributed by atoms with Crippen LogP contribution < -0.4 is 5.32 Å². The van der Waals surface area contributed by atoms with Gasteiger partial charge in [0.2, 0.25) is 5.91 Å². The average molecular weight is 947 g/mol. The fourth-order valence-electron chi connectivity index (χ4n) is 7.97. The van der Waals surface area contributed by atoms with Gasteiger partial charge in [-0.1, -0.05) is 155 Å². The largest absolute Gasteiger partial charge is 0.465 e. The molecule has 0 aromatic heterocycles. The zero-order chi connectivity index (χ0) is 49.1. The molecule has 67 heavy (non-hydrogen) atoms. The molecule has 1 saturated heterocycles. The van der Waals surface area contributed by atoms with Crippen molar-refractivity contribution in [3.63, 3.8) is 0 Å². The van der Waals surface area contributed by atoms with Crippen LogP contribution in [0.15, 0.2) is 24.3 Å². The topological polar surface area (TPSA) is 158 Å². The lowest BCUT2D eigenvalue weighted by atomic mass is 9.87. The summed E-state index contributed by atoms with van der Waals surface area (Å²) >= 11 is 0. The van der Waals surface area contributed by atoms with Crippen molar-refractivity contribution in [1.82, 2.24) is 10.2 Å². The Morgan fingerprint density at radius 2 is 0.940 bits per heavy atom. The number of carbonyl (C=O) groups excluding carboxylic acids is 5. The fraction of sp³-hybridized carbons (Fsp3) is 0.836. The number of hydrogen-bond acceptors (Lipinski definition) is 11. The third kappa shape index (κ3) is 37.3. The monoisotopic (exact) mass is 947 g/mol. The van der Waals surface area contributed by atoms with E-state index in [1.165, 1.54) is 83.5 Å². The first-order chi connectivity index (χ1) is 32.5. The van der Waals surface area contributed by atoms with Crippen LogP contribution in [0.1, 0.15) is 233 Å². The van der Waals surface area contributed by atoms with E-state index in [0.717, 1.165) is 96.6 Å². The first-order valence-electron chi connectivity index (χ1n) is 27.1. The minimum atomic E-state index is -1.48. The number of hydrogen-bond donors (Lipinski definition) is 2. The van der Waals surface area contributed by atoms with Crippen molar-refractivity contribution in [2.45, 2.75) is 245 Å². The predicted molar refractivity (Wildman–Crippen MR) is 269 cm³/mol. The van der Waals surface area contributed by atoms with Gasteiger partial charge in [-0.3, -0.25) is 24.0 Å². The molecular weight excluding hydrogens is 849 g/mol. The molecule has 1 heterocycles. The molecule has 388 valence electrons. The maximum atomic E-state index is 12.9. The highest BCUT2D eigenvalue weighted by Crippen LogP contribution is 2.22. The lowest BCUT2D eigenvalue weighted by molar-refractivity contribution is -0.167. The zero-order valence-electron chi connectivity index (χ0n) is 43.1. The lowest BCUT2D eigenvalue weighted by Crippen LogP contribution is -2.46. The van der Waals surface area contributed by atoms with E-state index in [1.807, 2.05) is 0 Å². The Hall–Kier alpha value is -3.25. The van der Waals surface area contributed by atoms with Gasteiger partial charge in [-0.05, 0) is 90.1 Å². The summed E-state index contributed by atoms with van der Waals surface area (Å²) in [5.41, 5.74) is -1.06. The number of nitrogens with zero attached hydrogens (tertiary/aromatic N) is 1. The first-order valence-corrected chi connectivity index (χ1v) is 27.1. The number of aliphatic hydroxyl groups is 1. The fourth-order valence-corrected chi connectivity index (χ4v) is 7.97. The second-order valence-corrected chi connectivity index (χ2v) is 19.5. The van der Waals surface area contributed by atoms with Gasteiger partial charge >= 0.3 is 23.9 Å². The summed E-state index contributed by atoms with van der Waals surface area (Å²) in [5, 5.41) is 13.3. The molecule has 0 bridgehead atoms. The number of aliphatic hydroxyl groups excluding tert-OH is 1. The van der Waals surface area contributed by atoms with Gasteiger partial charge in [0, 0.05) is 31.3 Å². The summed E-state index contributed by atoms with van der Waals surface area (Å²) in [5.74, 6) is -2.56. The highest BCUT2D eigenvalue weighted by Gasteiger charge is 2.35. The van der Waals surface area contributed by atoms with Crippen LogP contribution in [0.25, 0.3) is 0 Å². The van der Waals surface area contributed by atoms with Gasteiger partial charge in [0.05, 0.1) is 19.4 Å². The van der Waals surface area contributed by atoms with Crippen LogP contribution in [0.2, 0.25) is 0 Å². The second kappa shape index (κ2) is 42.8. The molecule has 1 fully saturated rings. The zero-order valence-corrected chi connectivity index (χ0v) is 43.1. The molecule has 2 N–H and O–H groups in total. The Balaban J connectivity index is 2.45. The molecule has 1 rings (SSSR count). The van der Waals surface area contributed by atoms with E-state index in [9.17, 15) is 29.1 Å². The third-order valence-electron chi connectivity index (χ3n) is 12.5. The Morgan fingerprint density at radius 1 is 0.537 bits per heavy atom. The molecule has 1 aliphatic rings. The minimum Gasteiger partial charge on any atom is -0.465 e. The molecule has 2 atom stereocenters. The molecule has 0 aromatic rings. The van der Waals surface area contributed by atoms with Crippen LogP contribution in [-0.2, 0) is 42.9 Å². The van der Waals surface area contributed by atoms with E-state index in [-0.39, 0.29) is 64.0 Å². The Labute approximate surface area is 407 Å². The van der Waals surface area contributed by atoms with Crippen LogP contribution >= 0.6 is 0 Å². The molecule has 0 saturated carbocycles. The molecule has 2 unspecified atom stereocenters. The smallest absolute Gasteiger partial charge is 0.307 e. The molecule has 1 amide bonds. The normalized spacial score (nSPS) is 14.1. The average Bonchev–Trinajstić information content (AvgIpc) is 3.84. The quantitative estimate of drug-likeness (QED) is 0.0259. The van der Waals surface area contributed by atoms with Crippen LogP contribution in [0.5, 0.6) is 0 Å². The standard InChI is InChI=1S/C55H98N2O10/c1-5-7-9-11-13-15-17-19-21-23-25-27-29-31-33-37-49(58)64-45-48(67-52(61)38-34-32-30-28-26-24-22-20-18-16-14-12-10-8-6-2)46-65-50(59)39-41-56-54(63)53(62)55(3,4)47-66-51(60)40-44-57-42-35-36-43-57/h19-22,48,53,62H,5-18,23-47H2,1-4H3,(H,56,63)/b21-19-,22-20-. The number of likely N-dealkylation sites (tertiary alicyclic amines) is 1. The van der Waals surface area contributed by atoms with Crippen molar-refractivity contribution in [3.8, 4) is 0 Å². The molecule has 0 aliphatic carbocycles.